The van der Waals surface area contributed by atoms with E-state index in [0.717, 1.165) is 25.9 Å². The summed E-state index contributed by atoms with van der Waals surface area (Å²) in [6.45, 7) is 2.51. The Hall–Kier alpha value is -1.10. The summed E-state index contributed by atoms with van der Waals surface area (Å²) in [5.74, 6) is -0.168. The number of carbonyl (C=O) groups excluding carboxylic acids is 2. The fourth-order valence-electron chi connectivity index (χ4n) is 1.93. The molecule has 0 saturated carbocycles. The van der Waals surface area contributed by atoms with Crippen molar-refractivity contribution in [3.63, 3.8) is 0 Å². The highest BCUT2D eigenvalue weighted by Gasteiger charge is 2.19. The van der Waals surface area contributed by atoms with Crippen LogP contribution in [0.1, 0.15) is 32.6 Å². The molecule has 1 saturated heterocycles. The monoisotopic (exact) mass is 242 g/mol. The van der Waals surface area contributed by atoms with E-state index in [1.54, 1.807) is 21.0 Å². The van der Waals surface area contributed by atoms with Crippen molar-refractivity contribution >= 4 is 11.8 Å². The Bertz CT molecular complexity index is 273. The molecule has 0 aliphatic carbocycles. The summed E-state index contributed by atoms with van der Waals surface area (Å²) in [7, 11) is 3.36. The van der Waals surface area contributed by atoms with Crippen molar-refractivity contribution in [2.24, 2.45) is 0 Å². The standard InChI is InChI=1S/C12H22N2O3/c1-9(12(16)14(2)3)13-11(15)7-6-10-5-4-8-17-10/h9-10H,4-8H2,1-3H3,(H,13,15)/t9-,10-/m0/s1. The van der Waals surface area contributed by atoms with Crippen molar-refractivity contribution in [3.8, 4) is 0 Å². The first kappa shape index (κ1) is 14.0. The molecule has 1 aliphatic rings. The molecule has 0 aromatic heterocycles. The van der Waals surface area contributed by atoms with Gasteiger partial charge in [0, 0.05) is 27.1 Å². The Morgan fingerprint density at radius 3 is 2.71 bits per heavy atom. The Kier molecular flexibility index (Phi) is 5.41. The minimum Gasteiger partial charge on any atom is -0.378 e. The molecule has 0 bridgehead atoms. The maximum absolute atomic E-state index is 11.6. The third kappa shape index (κ3) is 4.73. The zero-order valence-corrected chi connectivity index (χ0v) is 10.9. The van der Waals surface area contributed by atoms with Crippen LogP contribution in [0.5, 0.6) is 0 Å². The molecule has 1 heterocycles. The van der Waals surface area contributed by atoms with Crippen LogP contribution in [0.2, 0.25) is 0 Å². The van der Waals surface area contributed by atoms with Crippen LogP contribution in [0.25, 0.3) is 0 Å². The SMILES string of the molecule is C[C@H](NC(=O)CC[C@@H]1CCCO1)C(=O)N(C)C. The lowest BCUT2D eigenvalue weighted by Gasteiger charge is -2.18. The van der Waals surface area contributed by atoms with Crippen LogP contribution in [0.3, 0.4) is 0 Å². The lowest BCUT2D eigenvalue weighted by atomic mass is 10.1. The molecule has 0 unspecified atom stereocenters. The summed E-state index contributed by atoms with van der Waals surface area (Å²) >= 11 is 0. The molecule has 98 valence electrons. The molecule has 0 aromatic carbocycles. The van der Waals surface area contributed by atoms with Gasteiger partial charge in [0.1, 0.15) is 6.04 Å². The lowest BCUT2D eigenvalue weighted by Crippen LogP contribution is -2.44. The molecule has 1 N–H and O–H groups in total. The number of amides is 2. The predicted molar refractivity (Wildman–Crippen MR) is 64.5 cm³/mol. The number of hydrogen-bond acceptors (Lipinski definition) is 3. The Morgan fingerprint density at radius 2 is 2.18 bits per heavy atom. The van der Waals surface area contributed by atoms with E-state index < -0.39 is 6.04 Å². The predicted octanol–water partition coefficient (Wildman–Crippen LogP) is 0.539. The summed E-state index contributed by atoms with van der Waals surface area (Å²) in [4.78, 5) is 24.6. The summed E-state index contributed by atoms with van der Waals surface area (Å²) < 4.78 is 5.44. The largest absolute Gasteiger partial charge is 0.378 e. The molecule has 1 rings (SSSR count). The zero-order valence-electron chi connectivity index (χ0n) is 10.9. The van der Waals surface area contributed by atoms with E-state index >= 15 is 0 Å². The van der Waals surface area contributed by atoms with E-state index in [0.29, 0.717) is 6.42 Å². The first-order chi connectivity index (χ1) is 8.00. The number of nitrogens with zero attached hydrogens (tertiary/aromatic N) is 1. The van der Waals surface area contributed by atoms with Crippen LogP contribution in [0.15, 0.2) is 0 Å². The maximum Gasteiger partial charge on any atom is 0.244 e. The van der Waals surface area contributed by atoms with Crippen LogP contribution >= 0.6 is 0 Å². The van der Waals surface area contributed by atoms with Gasteiger partial charge in [-0.2, -0.15) is 0 Å². The second-order valence-corrected chi connectivity index (χ2v) is 4.70. The number of likely N-dealkylation sites (N-methyl/N-ethyl adjacent to an activating group) is 1. The molecule has 1 aliphatic heterocycles. The van der Waals surface area contributed by atoms with Gasteiger partial charge in [-0.3, -0.25) is 9.59 Å². The third-order valence-electron chi connectivity index (χ3n) is 2.91. The minimum absolute atomic E-state index is 0.0804. The van der Waals surface area contributed by atoms with Crippen molar-refractivity contribution in [3.05, 3.63) is 0 Å². The van der Waals surface area contributed by atoms with Gasteiger partial charge in [-0.25, -0.2) is 0 Å². The highest BCUT2D eigenvalue weighted by Crippen LogP contribution is 2.16. The van der Waals surface area contributed by atoms with Crippen molar-refractivity contribution in [1.82, 2.24) is 10.2 Å². The summed E-state index contributed by atoms with van der Waals surface area (Å²) in [6, 6.07) is -0.456. The first-order valence-corrected chi connectivity index (χ1v) is 6.13. The fraction of sp³-hybridized carbons (Fsp3) is 0.833. The van der Waals surface area contributed by atoms with E-state index in [2.05, 4.69) is 5.32 Å². The molecule has 2 atom stereocenters. The zero-order chi connectivity index (χ0) is 12.8. The molecular formula is C12H22N2O3. The lowest BCUT2D eigenvalue weighted by molar-refractivity contribution is -0.134. The normalized spacial score (nSPS) is 21.0. The number of nitrogens with one attached hydrogen (secondary N) is 1. The molecule has 0 radical (unpaired) electrons. The third-order valence-corrected chi connectivity index (χ3v) is 2.91. The summed E-state index contributed by atoms with van der Waals surface area (Å²) in [5.41, 5.74) is 0. The first-order valence-electron chi connectivity index (χ1n) is 6.13. The van der Waals surface area contributed by atoms with Gasteiger partial charge in [0.2, 0.25) is 11.8 Å². The Labute approximate surface area is 102 Å². The molecule has 5 nitrogen and oxygen atoms in total. The highest BCUT2D eigenvalue weighted by molar-refractivity contribution is 5.86. The molecular weight excluding hydrogens is 220 g/mol. The van der Waals surface area contributed by atoms with Gasteiger partial charge in [-0.1, -0.05) is 0 Å². The van der Waals surface area contributed by atoms with Crippen LogP contribution in [0, 0.1) is 0 Å². The van der Waals surface area contributed by atoms with Gasteiger partial charge in [-0.15, -0.1) is 0 Å². The van der Waals surface area contributed by atoms with E-state index in [1.807, 2.05) is 0 Å². The molecule has 0 aromatic rings. The van der Waals surface area contributed by atoms with Gasteiger partial charge >= 0.3 is 0 Å². The fourth-order valence-corrected chi connectivity index (χ4v) is 1.93. The summed E-state index contributed by atoms with van der Waals surface area (Å²) in [6.07, 6.45) is 3.52. The highest BCUT2D eigenvalue weighted by atomic mass is 16.5. The van der Waals surface area contributed by atoms with Crippen LogP contribution in [0.4, 0.5) is 0 Å². The van der Waals surface area contributed by atoms with E-state index in [-0.39, 0.29) is 17.9 Å². The molecule has 0 spiro atoms. The van der Waals surface area contributed by atoms with Crippen molar-refractivity contribution in [2.75, 3.05) is 20.7 Å². The van der Waals surface area contributed by atoms with Gasteiger partial charge in [-0.05, 0) is 26.2 Å². The number of hydrogen-bond donors (Lipinski definition) is 1. The Morgan fingerprint density at radius 1 is 1.47 bits per heavy atom. The number of rotatable bonds is 5. The van der Waals surface area contributed by atoms with Crippen molar-refractivity contribution in [1.29, 1.82) is 0 Å². The second kappa shape index (κ2) is 6.59. The van der Waals surface area contributed by atoms with E-state index in [4.69, 9.17) is 4.74 Å². The van der Waals surface area contributed by atoms with Crippen LogP contribution in [-0.4, -0.2) is 49.6 Å². The van der Waals surface area contributed by atoms with Crippen LogP contribution < -0.4 is 5.32 Å². The maximum atomic E-state index is 11.6. The molecule has 1 fully saturated rings. The van der Waals surface area contributed by atoms with E-state index in [1.165, 1.54) is 4.90 Å². The second-order valence-electron chi connectivity index (χ2n) is 4.70. The van der Waals surface area contributed by atoms with Crippen molar-refractivity contribution < 1.29 is 14.3 Å². The van der Waals surface area contributed by atoms with Gasteiger partial charge in [0.15, 0.2) is 0 Å². The molecule has 2 amide bonds. The number of carbonyl (C=O) groups is 2. The molecule has 5 heteroatoms. The van der Waals surface area contributed by atoms with E-state index in [9.17, 15) is 9.59 Å². The van der Waals surface area contributed by atoms with Crippen LogP contribution in [-0.2, 0) is 14.3 Å². The topological polar surface area (TPSA) is 58.6 Å². The van der Waals surface area contributed by atoms with Crippen molar-refractivity contribution in [2.45, 2.75) is 44.8 Å². The smallest absolute Gasteiger partial charge is 0.244 e. The van der Waals surface area contributed by atoms with Gasteiger partial charge in [0.05, 0.1) is 6.10 Å². The minimum atomic E-state index is -0.456. The number of ether oxygens (including phenoxy) is 1. The quantitative estimate of drug-likeness (QED) is 0.765. The van der Waals surface area contributed by atoms with Gasteiger partial charge in [0.25, 0.3) is 0 Å². The van der Waals surface area contributed by atoms with Gasteiger partial charge < -0.3 is 15.0 Å². The molecule has 17 heavy (non-hydrogen) atoms. The average Bonchev–Trinajstić information content (AvgIpc) is 2.77. The average molecular weight is 242 g/mol. The Balaban J connectivity index is 2.21. The summed E-state index contributed by atoms with van der Waals surface area (Å²) in [5, 5.41) is 2.70.